The average Bonchev–Trinajstić information content (AvgIpc) is 3.25. The Balaban J connectivity index is 1.11. The fraction of sp³-hybridized carbons (Fsp3) is 0.133. The van der Waals surface area contributed by atoms with E-state index in [4.69, 9.17) is 29.2 Å². The van der Waals surface area contributed by atoms with Gasteiger partial charge in [-0.3, -0.25) is 0 Å². The summed E-state index contributed by atoms with van der Waals surface area (Å²) in [5.41, 5.74) is 9.57. The zero-order valence-corrected chi connectivity index (χ0v) is 34.1. The Morgan fingerprint density at radius 1 is 0.296 bits per heavy atom. The molecule has 270 valence electrons. The quantitative estimate of drug-likeness (QED) is 0.0955. The third-order valence-corrected chi connectivity index (χ3v) is 10.7. The van der Waals surface area contributed by atoms with Crippen LogP contribution in [0.25, 0.3) is 34.2 Å². The Labute approximate surface area is 341 Å². The Bertz CT molecular complexity index is 1980. The molecule has 1 aromatic heterocycles. The Kier molecular flexibility index (Phi) is 12.8. The first-order valence-corrected chi connectivity index (χ1v) is 20.8. The van der Waals surface area contributed by atoms with E-state index in [1.54, 1.807) is 0 Å². The first-order chi connectivity index (χ1) is 26.5. The molecule has 54 heavy (non-hydrogen) atoms. The van der Waals surface area contributed by atoms with E-state index >= 15 is 0 Å². The highest BCUT2D eigenvalue weighted by Gasteiger charge is 2.14. The summed E-state index contributed by atoms with van der Waals surface area (Å²) in [7, 11) is 0. The van der Waals surface area contributed by atoms with Crippen molar-refractivity contribution < 1.29 is 14.2 Å². The zero-order chi connectivity index (χ0) is 37.1. The number of hydrogen-bond acceptors (Lipinski definition) is 6. The maximum Gasteiger partial charge on any atom is 0.164 e. The highest BCUT2D eigenvalue weighted by molar-refractivity contribution is 9.09. The molecule has 0 atom stereocenters. The number of benzene rings is 6. The predicted molar refractivity (Wildman–Crippen MR) is 226 cm³/mol. The van der Waals surface area contributed by atoms with Crippen LogP contribution in [0.1, 0.15) is 33.4 Å². The Morgan fingerprint density at radius 3 is 0.741 bits per heavy atom. The van der Waals surface area contributed by atoms with Gasteiger partial charge in [-0.2, -0.15) is 0 Å². The van der Waals surface area contributed by atoms with Crippen molar-refractivity contribution in [2.75, 3.05) is 0 Å². The highest BCUT2D eigenvalue weighted by atomic mass is 79.9. The lowest BCUT2D eigenvalue weighted by Gasteiger charge is -2.11. The highest BCUT2D eigenvalue weighted by Crippen LogP contribution is 2.29. The van der Waals surface area contributed by atoms with E-state index in [9.17, 15) is 0 Å². The van der Waals surface area contributed by atoms with Crippen LogP contribution in [0.5, 0.6) is 17.2 Å². The summed E-state index contributed by atoms with van der Waals surface area (Å²) in [5.74, 6) is 3.98. The van der Waals surface area contributed by atoms with Crippen molar-refractivity contribution in [1.29, 1.82) is 0 Å². The Hall–Kier alpha value is -4.83. The second-order valence-corrected chi connectivity index (χ2v) is 14.3. The van der Waals surface area contributed by atoms with E-state index in [-0.39, 0.29) is 0 Å². The molecule has 0 aliphatic heterocycles. The standard InChI is InChI=1S/C45H36Br3N3O3/c46-25-31-1-7-34(8-2-31)28-52-40-19-13-37(14-20-40)43-49-44(38-15-21-41(22-16-38)53-29-35-9-3-32(26-47)4-10-35)51-45(50-43)39-17-23-42(24-18-39)54-30-36-11-5-33(27-48)6-12-36/h1-24H,25-30H2. The van der Waals surface area contributed by atoms with E-state index in [1.165, 1.54) is 16.7 Å². The van der Waals surface area contributed by atoms with Crippen molar-refractivity contribution in [3.8, 4) is 51.4 Å². The maximum atomic E-state index is 6.09. The van der Waals surface area contributed by atoms with Gasteiger partial charge in [-0.15, -0.1) is 0 Å². The maximum absolute atomic E-state index is 6.09. The Morgan fingerprint density at radius 2 is 0.519 bits per heavy atom. The molecule has 0 spiro atoms. The lowest BCUT2D eigenvalue weighted by atomic mass is 10.1. The molecule has 0 unspecified atom stereocenters. The van der Waals surface area contributed by atoms with Gasteiger partial charge in [-0.25, -0.2) is 15.0 Å². The fourth-order valence-electron chi connectivity index (χ4n) is 5.54. The molecule has 0 N–H and O–H groups in total. The summed E-state index contributed by atoms with van der Waals surface area (Å²) in [6, 6.07) is 48.7. The number of ether oxygens (including phenoxy) is 3. The minimum absolute atomic E-state index is 0.480. The molecule has 0 radical (unpaired) electrons. The minimum atomic E-state index is 0.480. The number of nitrogens with zero attached hydrogens (tertiary/aromatic N) is 3. The molecule has 0 saturated heterocycles. The van der Waals surface area contributed by atoms with Crippen LogP contribution in [0.15, 0.2) is 146 Å². The molecule has 7 rings (SSSR count). The largest absolute Gasteiger partial charge is 0.489 e. The molecule has 6 nitrogen and oxygen atoms in total. The van der Waals surface area contributed by atoms with Gasteiger partial charge in [0.2, 0.25) is 0 Å². The minimum Gasteiger partial charge on any atom is -0.489 e. The van der Waals surface area contributed by atoms with Gasteiger partial charge >= 0.3 is 0 Å². The molecule has 0 fully saturated rings. The normalized spacial score (nSPS) is 10.9. The van der Waals surface area contributed by atoms with Crippen molar-refractivity contribution in [2.45, 2.75) is 35.8 Å². The van der Waals surface area contributed by atoms with E-state index in [0.717, 1.165) is 66.6 Å². The molecule has 0 bridgehead atoms. The summed E-state index contributed by atoms with van der Waals surface area (Å²) in [6.07, 6.45) is 0. The molecule has 0 saturated carbocycles. The monoisotopic (exact) mass is 903 g/mol. The van der Waals surface area contributed by atoms with E-state index in [0.29, 0.717) is 37.3 Å². The van der Waals surface area contributed by atoms with Crippen LogP contribution in [-0.4, -0.2) is 15.0 Å². The molecular weight excluding hydrogens is 870 g/mol. The van der Waals surface area contributed by atoms with Gasteiger partial charge in [0.25, 0.3) is 0 Å². The van der Waals surface area contributed by atoms with Gasteiger partial charge in [-0.1, -0.05) is 121 Å². The van der Waals surface area contributed by atoms with Crippen LogP contribution in [-0.2, 0) is 35.8 Å². The lowest BCUT2D eigenvalue weighted by molar-refractivity contribution is 0.306. The molecule has 0 aliphatic rings. The zero-order valence-electron chi connectivity index (χ0n) is 29.3. The van der Waals surface area contributed by atoms with Crippen molar-refractivity contribution in [1.82, 2.24) is 15.0 Å². The smallest absolute Gasteiger partial charge is 0.164 e. The molecular formula is C45H36Br3N3O3. The van der Waals surface area contributed by atoms with Gasteiger partial charge in [-0.05, 0) is 106 Å². The number of aromatic nitrogens is 3. The molecule has 7 aromatic rings. The van der Waals surface area contributed by atoms with E-state index < -0.39 is 0 Å². The van der Waals surface area contributed by atoms with E-state index in [2.05, 4.69) is 121 Å². The van der Waals surface area contributed by atoms with Gasteiger partial charge < -0.3 is 14.2 Å². The first kappa shape index (κ1) is 37.5. The van der Waals surface area contributed by atoms with Crippen LogP contribution in [0.2, 0.25) is 0 Å². The summed E-state index contributed by atoms with van der Waals surface area (Å²) in [4.78, 5) is 14.8. The van der Waals surface area contributed by atoms with Gasteiger partial charge in [0.1, 0.15) is 37.1 Å². The average molecular weight is 907 g/mol. The molecule has 9 heteroatoms. The second kappa shape index (κ2) is 18.5. The van der Waals surface area contributed by atoms with Crippen LogP contribution in [0.3, 0.4) is 0 Å². The van der Waals surface area contributed by atoms with E-state index in [1.807, 2.05) is 72.8 Å². The number of halogens is 3. The lowest BCUT2D eigenvalue weighted by Crippen LogP contribution is -2.01. The summed E-state index contributed by atoms with van der Waals surface area (Å²) < 4.78 is 18.3. The molecule has 0 amide bonds. The van der Waals surface area contributed by atoms with Crippen LogP contribution in [0, 0.1) is 0 Å². The molecule has 0 aliphatic carbocycles. The summed E-state index contributed by atoms with van der Waals surface area (Å²) in [5, 5.41) is 2.49. The summed E-state index contributed by atoms with van der Waals surface area (Å²) in [6.45, 7) is 1.44. The van der Waals surface area contributed by atoms with Crippen LogP contribution < -0.4 is 14.2 Å². The SMILES string of the molecule is BrCc1ccc(COc2ccc(-c3nc(-c4ccc(OCc5ccc(CBr)cc5)cc4)nc(-c4ccc(OCc5ccc(CBr)cc5)cc4)n3)cc2)cc1. The van der Waals surface area contributed by atoms with Crippen molar-refractivity contribution in [2.24, 2.45) is 0 Å². The predicted octanol–water partition coefficient (Wildman–Crippen LogP) is 12.3. The third kappa shape index (κ3) is 10.0. The third-order valence-electron chi connectivity index (χ3n) is 8.72. The second-order valence-electron chi connectivity index (χ2n) is 12.6. The van der Waals surface area contributed by atoms with Crippen molar-refractivity contribution in [3.63, 3.8) is 0 Å². The summed E-state index contributed by atoms with van der Waals surface area (Å²) >= 11 is 10.5. The topological polar surface area (TPSA) is 66.4 Å². The van der Waals surface area contributed by atoms with Gasteiger partial charge in [0.15, 0.2) is 17.5 Å². The van der Waals surface area contributed by atoms with Crippen molar-refractivity contribution >= 4 is 47.8 Å². The van der Waals surface area contributed by atoms with Gasteiger partial charge in [0.05, 0.1) is 0 Å². The van der Waals surface area contributed by atoms with Crippen molar-refractivity contribution in [3.05, 3.63) is 179 Å². The first-order valence-electron chi connectivity index (χ1n) is 17.4. The van der Waals surface area contributed by atoms with Crippen LogP contribution >= 0.6 is 47.8 Å². The molecule has 1 heterocycles. The number of alkyl halides is 3. The number of rotatable bonds is 15. The molecule has 6 aromatic carbocycles. The number of hydrogen-bond donors (Lipinski definition) is 0. The van der Waals surface area contributed by atoms with Gasteiger partial charge in [0, 0.05) is 32.7 Å². The fourth-order valence-corrected chi connectivity index (χ4v) is 6.66. The van der Waals surface area contributed by atoms with Crippen LogP contribution in [0.4, 0.5) is 0 Å².